The first-order chi connectivity index (χ1) is 9.15. The second-order valence-corrected chi connectivity index (χ2v) is 6.50. The molecule has 1 N–H and O–H groups in total. The number of piperidine rings is 1. The smallest absolute Gasteiger partial charge is 0.293 e. The first-order valence-electron chi connectivity index (χ1n) is 6.57. The maximum absolute atomic E-state index is 11.2. The molecule has 2 saturated heterocycles. The van der Waals surface area contributed by atoms with Gasteiger partial charge in [-0.05, 0) is 60.0 Å². The third kappa shape index (κ3) is 2.55. The third-order valence-corrected chi connectivity index (χ3v) is 4.75. The number of nitro benzene ring substituents is 1. The molecule has 5 nitrogen and oxygen atoms in total. The molecule has 1 aromatic rings. The van der Waals surface area contributed by atoms with E-state index in [0.29, 0.717) is 12.0 Å². The Morgan fingerprint density at radius 1 is 1.42 bits per heavy atom. The minimum Gasteiger partial charge on any atom is -0.364 e. The molecule has 2 aliphatic rings. The molecule has 3 rings (SSSR count). The highest BCUT2D eigenvalue weighted by atomic mass is 127. The van der Waals surface area contributed by atoms with Crippen LogP contribution in [0.2, 0.25) is 0 Å². The van der Waals surface area contributed by atoms with Gasteiger partial charge in [-0.2, -0.15) is 0 Å². The van der Waals surface area contributed by atoms with Crippen molar-refractivity contribution in [1.29, 1.82) is 0 Å². The van der Waals surface area contributed by atoms with Gasteiger partial charge in [0.2, 0.25) is 0 Å². The number of hydrogen-bond donors (Lipinski definition) is 1. The number of anilines is 1. The highest BCUT2D eigenvalue weighted by molar-refractivity contribution is 14.1. The molecule has 19 heavy (non-hydrogen) atoms. The number of fused-ring (bicyclic) bond motifs is 1. The van der Waals surface area contributed by atoms with Crippen LogP contribution in [0.4, 0.5) is 11.4 Å². The summed E-state index contributed by atoms with van der Waals surface area (Å²) in [6.07, 6.45) is 2.44. The number of nitrogens with one attached hydrogen (secondary N) is 1. The van der Waals surface area contributed by atoms with Crippen molar-refractivity contribution in [2.45, 2.75) is 18.9 Å². The summed E-state index contributed by atoms with van der Waals surface area (Å²) in [4.78, 5) is 13.1. The number of nitrogens with zero attached hydrogens (tertiary/aromatic N) is 2. The monoisotopic (exact) mass is 373 g/mol. The van der Waals surface area contributed by atoms with E-state index in [1.165, 1.54) is 12.8 Å². The van der Waals surface area contributed by atoms with E-state index in [1.807, 2.05) is 12.1 Å². The van der Waals surface area contributed by atoms with E-state index in [0.717, 1.165) is 28.9 Å². The third-order valence-electron chi connectivity index (χ3n) is 4.07. The summed E-state index contributed by atoms with van der Waals surface area (Å²) < 4.78 is 0.905. The average molecular weight is 373 g/mol. The summed E-state index contributed by atoms with van der Waals surface area (Å²) in [7, 11) is 0. The fourth-order valence-corrected chi connectivity index (χ4v) is 3.63. The number of benzene rings is 1. The van der Waals surface area contributed by atoms with Crippen LogP contribution in [0, 0.1) is 19.6 Å². The van der Waals surface area contributed by atoms with Crippen LogP contribution in [0.5, 0.6) is 0 Å². The van der Waals surface area contributed by atoms with Crippen LogP contribution < -0.4 is 10.2 Å². The molecule has 2 fully saturated rings. The second-order valence-electron chi connectivity index (χ2n) is 5.26. The van der Waals surface area contributed by atoms with Gasteiger partial charge < -0.3 is 10.2 Å². The Kier molecular flexibility index (Phi) is 3.62. The molecule has 0 spiro atoms. The van der Waals surface area contributed by atoms with Gasteiger partial charge in [-0.3, -0.25) is 10.1 Å². The molecule has 2 unspecified atom stereocenters. The second kappa shape index (κ2) is 5.24. The van der Waals surface area contributed by atoms with Crippen molar-refractivity contribution >= 4 is 34.0 Å². The lowest BCUT2D eigenvalue weighted by molar-refractivity contribution is -0.384. The Labute approximate surface area is 125 Å². The summed E-state index contributed by atoms with van der Waals surface area (Å²) in [5.41, 5.74) is 0.993. The van der Waals surface area contributed by atoms with Crippen LogP contribution in [-0.4, -0.2) is 30.6 Å². The normalized spacial score (nSPS) is 26.3. The first-order valence-corrected chi connectivity index (χ1v) is 7.65. The summed E-state index contributed by atoms with van der Waals surface area (Å²) in [5, 5.41) is 14.7. The van der Waals surface area contributed by atoms with Gasteiger partial charge >= 0.3 is 0 Å². The number of rotatable bonds is 2. The minimum absolute atomic E-state index is 0.227. The van der Waals surface area contributed by atoms with Crippen LogP contribution in [-0.2, 0) is 0 Å². The molecule has 0 aliphatic carbocycles. The number of nitro groups is 1. The van der Waals surface area contributed by atoms with E-state index >= 15 is 0 Å². The van der Waals surface area contributed by atoms with Crippen molar-refractivity contribution in [2.24, 2.45) is 5.92 Å². The van der Waals surface area contributed by atoms with Gasteiger partial charge in [0.25, 0.3) is 5.69 Å². The molecule has 0 saturated carbocycles. The maximum atomic E-state index is 11.2. The van der Waals surface area contributed by atoms with E-state index in [1.54, 1.807) is 6.07 Å². The molecule has 0 bridgehead atoms. The van der Waals surface area contributed by atoms with Crippen LogP contribution >= 0.6 is 22.6 Å². The molecule has 102 valence electrons. The van der Waals surface area contributed by atoms with Crippen molar-refractivity contribution in [2.75, 3.05) is 24.5 Å². The summed E-state index contributed by atoms with van der Waals surface area (Å²) in [6.45, 7) is 2.88. The molecule has 0 radical (unpaired) electrons. The Hall–Kier alpha value is -0.890. The van der Waals surface area contributed by atoms with Crippen molar-refractivity contribution < 1.29 is 4.92 Å². The maximum Gasteiger partial charge on any atom is 0.293 e. The lowest BCUT2D eigenvalue weighted by Gasteiger charge is -2.24. The Balaban J connectivity index is 1.88. The van der Waals surface area contributed by atoms with Gasteiger partial charge in [0, 0.05) is 28.8 Å². The van der Waals surface area contributed by atoms with E-state index in [9.17, 15) is 10.1 Å². The molecule has 1 aromatic carbocycles. The van der Waals surface area contributed by atoms with E-state index in [-0.39, 0.29) is 10.6 Å². The standard InChI is InChI=1S/C13H16IN3O2/c14-10-3-4-12(13(6-10)17(18)19)16-7-9-2-1-5-15-11(9)8-16/h3-4,6,9,11,15H,1-2,5,7-8H2. The molecule has 6 heteroatoms. The van der Waals surface area contributed by atoms with Gasteiger partial charge in [-0.15, -0.1) is 0 Å². The van der Waals surface area contributed by atoms with Crippen LogP contribution in [0.25, 0.3) is 0 Å². The van der Waals surface area contributed by atoms with Gasteiger partial charge in [-0.25, -0.2) is 0 Å². The zero-order chi connectivity index (χ0) is 13.4. The molecule has 2 heterocycles. The molecule has 0 aromatic heterocycles. The molecular weight excluding hydrogens is 357 g/mol. The first kappa shape index (κ1) is 13.1. The SMILES string of the molecule is O=[N+]([O-])c1cc(I)ccc1N1CC2CCCNC2C1. The minimum atomic E-state index is -0.271. The van der Waals surface area contributed by atoms with Gasteiger partial charge in [0.05, 0.1) is 4.92 Å². The summed E-state index contributed by atoms with van der Waals surface area (Å²) >= 11 is 2.12. The molecular formula is C13H16IN3O2. The Bertz CT molecular complexity index is 495. The van der Waals surface area contributed by atoms with Gasteiger partial charge in [0.1, 0.15) is 5.69 Å². The summed E-state index contributed by atoms with van der Waals surface area (Å²) in [5.74, 6) is 0.632. The van der Waals surface area contributed by atoms with Crippen molar-refractivity contribution in [3.05, 3.63) is 31.9 Å². The predicted octanol–water partition coefficient (Wildman–Crippen LogP) is 2.39. The molecule has 0 amide bonds. The highest BCUT2D eigenvalue weighted by Gasteiger charge is 2.36. The number of halogens is 1. The molecule has 2 aliphatic heterocycles. The average Bonchev–Trinajstić information content (AvgIpc) is 2.82. The fourth-order valence-electron chi connectivity index (χ4n) is 3.15. The van der Waals surface area contributed by atoms with E-state index in [2.05, 4.69) is 32.8 Å². The van der Waals surface area contributed by atoms with Crippen LogP contribution in [0.3, 0.4) is 0 Å². The van der Waals surface area contributed by atoms with Gasteiger partial charge in [0.15, 0.2) is 0 Å². The quantitative estimate of drug-likeness (QED) is 0.492. The Morgan fingerprint density at radius 3 is 3.00 bits per heavy atom. The van der Waals surface area contributed by atoms with Crippen molar-refractivity contribution in [1.82, 2.24) is 5.32 Å². The number of hydrogen-bond acceptors (Lipinski definition) is 4. The fraction of sp³-hybridized carbons (Fsp3) is 0.538. The zero-order valence-electron chi connectivity index (χ0n) is 10.5. The highest BCUT2D eigenvalue weighted by Crippen LogP contribution is 2.35. The Morgan fingerprint density at radius 2 is 2.26 bits per heavy atom. The molecule has 2 atom stereocenters. The zero-order valence-corrected chi connectivity index (χ0v) is 12.7. The van der Waals surface area contributed by atoms with Crippen molar-refractivity contribution in [3.8, 4) is 0 Å². The predicted molar refractivity (Wildman–Crippen MR) is 82.5 cm³/mol. The van der Waals surface area contributed by atoms with Crippen LogP contribution in [0.1, 0.15) is 12.8 Å². The largest absolute Gasteiger partial charge is 0.364 e. The topological polar surface area (TPSA) is 58.4 Å². The van der Waals surface area contributed by atoms with E-state index in [4.69, 9.17) is 0 Å². The van der Waals surface area contributed by atoms with Crippen molar-refractivity contribution in [3.63, 3.8) is 0 Å². The van der Waals surface area contributed by atoms with E-state index < -0.39 is 0 Å². The van der Waals surface area contributed by atoms with Crippen LogP contribution in [0.15, 0.2) is 18.2 Å². The van der Waals surface area contributed by atoms with Gasteiger partial charge in [-0.1, -0.05) is 0 Å². The lowest BCUT2D eigenvalue weighted by atomic mass is 9.94. The summed E-state index contributed by atoms with van der Waals surface area (Å²) in [6, 6.07) is 5.98. The lowest BCUT2D eigenvalue weighted by Crippen LogP contribution is -2.40.